The molecule has 2 aromatic rings. The molecule has 0 spiro atoms. The van der Waals surface area contributed by atoms with Crippen LogP contribution >= 0.6 is 11.6 Å². The van der Waals surface area contributed by atoms with Gasteiger partial charge in [-0.05, 0) is 38.0 Å². The van der Waals surface area contributed by atoms with Gasteiger partial charge in [0, 0.05) is 22.1 Å². The van der Waals surface area contributed by atoms with Crippen molar-refractivity contribution in [1.82, 2.24) is 4.98 Å². The summed E-state index contributed by atoms with van der Waals surface area (Å²) in [5, 5.41) is 1.75. The molecule has 1 atom stereocenters. The number of hydrogen-bond acceptors (Lipinski definition) is 2. The number of carbonyl (C=O) groups excluding carboxylic acids is 1. The maximum absolute atomic E-state index is 11.4. The number of fused-ring (bicyclic) bond motifs is 1. The molecular weight excluding hydrogens is 236 g/mol. The van der Waals surface area contributed by atoms with Gasteiger partial charge in [0.25, 0.3) is 0 Å². The number of rotatable bonds is 3. The lowest BCUT2D eigenvalue weighted by Gasteiger charge is -2.20. The number of nitrogens with one attached hydrogen (secondary N) is 1. The van der Waals surface area contributed by atoms with Crippen LogP contribution in [0.15, 0.2) is 24.4 Å². The molecule has 90 valence electrons. The highest BCUT2D eigenvalue weighted by Crippen LogP contribution is 2.24. The van der Waals surface area contributed by atoms with Crippen LogP contribution in [0.5, 0.6) is 0 Å². The Kier molecular flexibility index (Phi) is 2.98. The fourth-order valence-corrected chi connectivity index (χ4v) is 2.00. The summed E-state index contributed by atoms with van der Waals surface area (Å²) in [4.78, 5) is 14.6. The average Bonchev–Trinajstić information content (AvgIpc) is 2.60. The molecule has 0 saturated carbocycles. The van der Waals surface area contributed by atoms with Crippen LogP contribution in [-0.4, -0.2) is 16.3 Å². The Morgan fingerprint density at radius 1 is 1.53 bits per heavy atom. The molecular formula is C13H15ClN2O. The van der Waals surface area contributed by atoms with E-state index in [4.69, 9.17) is 17.3 Å². The Morgan fingerprint density at radius 3 is 2.88 bits per heavy atom. The molecule has 0 amide bonds. The SMILES string of the molecule is CC(=O)[C@@](C)(N)Cc1c[nH]c2cc(Cl)ccc12. The highest BCUT2D eigenvalue weighted by Gasteiger charge is 2.25. The van der Waals surface area contributed by atoms with E-state index in [9.17, 15) is 4.79 Å². The minimum atomic E-state index is -0.825. The van der Waals surface area contributed by atoms with Crippen molar-refractivity contribution in [2.75, 3.05) is 0 Å². The Bertz CT molecular complexity index is 572. The number of H-pyrrole nitrogens is 1. The van der Waals surface area contributed by atoms with Crippen molar-refractivity contribution in [3.05, 3.63) is 35.0 Å². The number of nitrogens with two attached hydrogens (primary N) is 1. The number of aromatic amines is 1. The Labute approximate surface area is 105 Å². The molecule has 3 N–H and O–H groups in total. The molecule has 0 bridgehead atoms. The second kappa shape index (κ2) is 4.17. The molecule has 2 rings (SSSR count). The normalized spacial score (nSPS) is 14.8. The molecule has 0 aliphatic rings. The summed E-state index contributed by atoms with van der Waals surface area (Å²) in [6, 6.07) is 5.64. The number of carbonyl (C=O) groups is 1. The molecule has 0 saturated heterocycles. The summed E-state index contributed by atoms with van der Waals surface area (Å²) in [6.45, 7) is 3.27. The summed E-state index contributed by atoms with van der Waals surface area (Å²) in [6.07, 6.45) is 2.40. The predicted molar refractivity (Wildman–Crippen MR) is 70.3 cm³/mol. The van der Waals surface area contributed by atoms with Gasteiger partial charge in [-0.1, -0.05) is 17.7 Å². The van der Waals surface area contributed by atoms with Crippen molar-refractivity contribution < 1.29 is 4.79 Å². The van der Waals surface area contributed by atoms with E-state index >= 15 is 0 Å². The van der Waals surface area contributed by atoms with Crippen molar-refractivity contribution in [2.45, 2.75) is 25.8 Å². The lowest BCUT2D eigenvalue weighted by atomic mass is 9.90. The number of halogens is 1. The van der Waals surface area contributed by atoms with Crippen LogP contribution in [0.25, 0.3) is 10.9 Å². The number of ketones is 1. The molecule has 4 heteroatoms. The van der Waals surface area contributed by atoms with Gasteiger partial charge in [0.1, 0.15) is 5.78 Å². The zero-order chi connectivity index (χ0) is 12.6. The van der Waals surface area contributed by atoms with Gasteiger partial charge in [0.2, 0.25) is 0 Å². The van der Waals surface area contributed by atoms with Crippen LogP contribution in [0, 0.1) is 0 Å². The minimum absolute atomic E-state index is 0.0131. The van der Waals surface area contributed by atoms with Crippen LogP contribution in [-0.2, 0) is 11.2 Å². The topological polar surface area (TPSA) is 58.9 Å². The zero-order valence-corrected chi connectivity index (χ0v) is 10.6. The lowest BCUT2D eigenvalue weighted by molar-refractivity contribution is -0.121. The van der Waals surface area contributed by atoms with Crippen molar-refractivity contribution in [1.29, 1.82) is 0 Å². The van der Waals surface area contributed by atoms with Crippen LogP contribution in [0.4, 0.5) is 0 Å². The van der Waals surface area contributed by atoms with E-state index in [1.54, 1.807) is 6.92 Å². The van der Waals surface area contributed by atoms with Gasteiger partial charge in [-0.15, -0.1) is 0 Å². The third-order valence-corrected chi connectivity index (χ3v) is 3.33. The van der Waals surface area contributed by atoms with Crippen LogP contribution in [0.1, 0.15) is 19.4 Å². The van der Waals surface area contributed by atoms with Crippen molar-refractivity contribution in [3.8, 4) is 0 Å². The van der Waals surface area contributed by atoms with Gasteiger partial charge in [0.15, 0.2) is 0 Å². The fourth-order valence-electron chi connectivity index (χ4n) is 1.82. The maximum Gasteiger partial charge on any atom is 0.149 e. The number of hydrogen-bond donors (Lipinski definition) is 2. The van der Waals surface area contributed by atoms with E-state index in [1.807, 2.05) is 24.4 Å². The molecule has 1 heterocycles. The third-order valence-electron chi connectivity index (χ3n) is 3.09. The van der Waals surface area contributed by atoms with Gasteiger partial charge < -0.3 is 10.7 Å². The Hall–Kier alpha value is -1.32. The first-order valence-electron chi connectivity index (χ1n) is 5.45. The van der Waals surface area contributed by atoms with E-state index in [1.165, 1.54) is 6.92 Å². The third kappa shape index (κ3) is 2.35. The molecule has 0 fully saturated rings. The van der Waals surface area contributed by atoms with E-state index in [0.29, 0.717) is 11.4 Å². The first-order chi connectivity index (χ1) is 7.90. The number of aromatic nitrogens is 1. The average molecular weight is 251 g/mol. The van der Waals surface area contributed by atoms with E-state index in [-0.39, 0.29) is 5.78 Å². The molecule has 0 radical (unpaired) electrons. The molecule has 0 aliphatic carbocycles. The van der Waals surface area contributed by atoms with Crippen molar-refractivity contribution >= 4 is 28.3 Å². The highest BCUT2D eigenvalue weighted by molar-refractivity contribution is 6.31. The van der Waals surface area contributed by atoms with Crippen molar-refractivity contribution in [3.63, 3.8) is 0 Å². The first-order valence-corrected chi connectivity index (χ1v) is 5.83. The first kappa shape index (κ1) is 12.1. The summed E-state index contributed by atoms with van der Waals surface area (Å²) in [7, 11) is 0. The van der Waals surface area contributed by atoms with Crippen LogP contribution in [0.2, 0.25) is 5.02 Å². The predicted octanol–water partition coefficient (Wildman–Crippen LogP) is 2.67. The van der Waals surface area contributed by atoms with E-state index in [2.05, 4.69) is 4.98 Å². The summed E-state index contributed by atoms with van der Waals surface area (Å²) < 4.78 is 0. The molecule has 17 heavy (non-hydrogen) atoms. The fraction of sp³-hybridized carbons (Fsp3) is 0.308. The van der Waals surface area contributed by atoms with Gasteiger partial charge in [-0.25, -0.2) is 0 Å². The zero-order valence-electron chi connectivity index (χ0n) is 9.88. The smallest absolute Gasteiger partial charge is 0.149 e. The quantitative estimate of drug-likeness (QED) is 0.880. The summed E-state index contributed by atoms with van der Waals surface area (Å²) in [5.41, 5.74) is 7.16. The van der Waals surface area contributed by atoms with Crippen LogP contribution < -0.4 is 5.73 Å². The molecule has 0 aliphatic heterocycles. The van der Waals surface area contributed by atoms with Gasteiger partial charge >= 0.3 is 0 Å². The Balaban J connectivity index is 2.41. The summed E-state index contributed by atoms with van der Waals surface area (Å²) in [5.74, 6) is -0.0131. The van der Waals surface area contributed by atoms with Gasteiger partial charge in [-0.2, -0.15) is 0 Å². The summed E-state index contributed by atoms with van der Waals surface area (Å²) >= 11 is 5.91. The highest BCUT2D eigenvalue weighted by atomic mass is 35.5. The lowest BCUT2D eigenvalue weighted by Crippen LogP contribution is -2.45. The second-order valence-electron chi connectivity index (χ2n) is 4.65. The number of benzene rings is 1. The van der Waals surface area contributed by atoms with E-state index in [0.717, 1.165) is 16.5 Å². The van der Waals surface area contributed by atoms with Crippen LogP contribution in [0.3, 0.4) is 0 Å². The molecule has 3 nitrogen and oxygen atoms in total. The van der Waals surface area contributed by atoms with Gasteiger partial charge in [0.05, 0.1) is 5.54 Å². The second-order valence-corrected chi connectivity index (χ2v) is 5.09. The van der Waals surface area contributed by atoms with Crippen molar-refractivity contribution in [2.24, 2.45) is 5.73 Å². The molecule has 0 unspecified atom stereocenters. The van der Waals surface area contributed by atoms with Gasteiger partial charge in [-0.3, -0.25) is 4.79 Å². The number of Topliss-reactive ketones (excluding diaryl/α,β-unsaturated/α-hetero) is 1. The molecule has 1 aromatic carbocycles. The largest absolute Gasteiger partial charge is 0.361 e. The molecule has 1 aromatic heterocycles. The maximum atomic E-state index is 11.4. The standard InChI is InChI=1S/C13H15ClN2O/c1-8(17)13(2,15)6-9-7-16-12-5-10(14)3-4-11(9)12/h3-5,7,16H,6,15H2,1-2H3/t13-/m0/s1. The Morgan fingerprint density at radius 2 is 2.24 bits per heavy atom. The minimum Gasteiger partial charge on any atom is -0.361 e. The van der Waals surface area contributed by atoms with E-state index < -0.39 is 5.54 Å². The monoisotopic (exact) mass is 250 g/mol.